The molecule has 0 amide bonds. The van der Waals surface area contributed by atoms with E-state index in [1.54, 1.807) is 23.5 Å². The van der Waals surface area contributed by atoms with E-state index in [9.17, 15) is 13.2 Å². The van der Waals surface area contributed by atoms with E-state index >= 15 is 0 Å². The molecule has 1 aliphatic heterocycles. The molecule has 1 aromatic carbocycles. The molecular formula is C18H22N2O4S2. The summed E-state index contributed by atoms with van der Waals surface area (Å²) in [6, 6.07) is 10.4. The third kappa shape index (κ3) is 4.15. The smallest absolute Gasteiger partial charge is 0.339 e. The molecule has 1 aromatic heterocycles. The molecule has 0 saturated carbocycles. The van der Waals surface area contributed by atoms with Gasteiger partial charge in [0.15, 0.2) is 0 Å². The Kier molecular flexibility index (Phi) is 6.08. The number of thiophene rings is 1. The first-order valence-electron chi connectivity index (χ1n) is 8.44. The average molecular weight is 395 g/mol. The maximum Gasteiger partial charge on any atom is 0.339 e. The van der Waals surface area contributed by atoms with Crippen LogP contribution in [-0.2, 0) is 21.2 Å². The van der Waals surface area contributed by atoms with E-state index in [4.69, 9.17) is 4.74 Å². The number of ether oxygens (including phenoxy) is 1. The monoisotopic (exact) mass is 394 g/mol. The van der Waals surface area contributed by atoms with Gasteiger partial charge in [-0.1, -0.05) is 18.2 Å². The van der Waals surface area contributed by atoms with Crippen molar-refractivity contribution in [2.24, 2.45) is 0 Å². The van der Waals surface area contributed by atoms with Gasteiger partial charge >= 0.3 is 5.97 Å². The number of nitrogens with zero attached hydrogens (tertiary/aromatic N) is 2. The number of methoxy groups -OCH3 is 1. The van der Waals surface area contributed by atoms with Crippen LogP contribution in [0.3, 0.4) is 0 Å². The number of benzene rings is 1. The van der Waals surface area contributed by atoms with Crippen LogP contribution < -0.4 is 0 Å². The van der Waals surface area contributed by atoms with Gasteiger partial charge in [0.2, 0.25) is 10.0 Å². The van der Waals surface area contributed by atoms with Crippen molar-refractivity contribution in [2.75, 3.05) is 39.8 Å². The Labute approximate surface area is 158 Å². The maximum atomic E-state index is 13.0. The van der Waals surface area contributed by atoms with Crippen LogP contribution in [-0.4, -0.2) is 63.4 Å². The molecule has 140 valence electrons. The van der Waals surface area contributed by atoms with E-state index in [1.165, 1.54) is 28.4 Å². The van der Waals surface area contributed by atoms with E-state index in [0.717, 1.165) is 13.0 Å². The zero-order valence-corrected chi connectivity index (χ0v) is 16.3. The molecule has 2 aromatic rings. The fraction of sp³-hybridized carbons (Fsp3) is 0.389. The van der Waals surface area contributed by atoms with Crippen LogP contribution in [0.25, 0.3) is 0 Å². The van der Waals surface area contributed by atoms with E-state index in [1.807, 2.05) is 6.07 Å². The second-order valence-electron chi connectivity index (χ2n) is 6.06. The van der Waals surface area contributed by atoms with E-state index < -0.39 is 16.0 Å². The van der Waals surface area contributed by atoms with Crippen molar-refractivity contribution < 1.29 is 17.9 Å². The largest absolute Gasteiger partial charge is 0.465 e. The number of piperazine rings is 1. The minimum absolute atomic E-state index is 0.0129. The highest BCUT2D eigenvalue weighted by atomic mass is 32.2. The number of carbonyl (C=O) groups excluding carboxylic acids is 1. The number of hydrogen-bond acceptors (Lipinski definition) is 6. The molecule has 0 radical (unpaired) electrons. The van der Waals surface area contributed by atoms with Crippen LogP contribution in [0.15, 0.2) is 46.7 Å². The topological polar surface area (TPSA) is 66.9 Å². The maximum absolute atomic E-state index is 13.0. The Morgan fingerprint density at radius 1 is 1.12 bits per heavy atom. The molecule has 0 aliphatic carbocycles. The van der Waals surface area contributed by atoms with Crippen molar-refractivity contribution in [1.29, 1.82) is 0 Å². The van der Waals surface area contributed by atoms with Gasteiger partial charge in [-0.15, -0.1) is 11.3 Å². The summed E-state index contributed by atoms with van der Waals surface area (Å²) in [6.45, 7) is 3.13. The number of rotatable bonds is 6. The molecule has 1 fully saturated rings. The van der Waals surface area contributed by atoms with Crippen molar-refractivity contribution >= 4 is 27.3 Å². The standard InChI is InChI=1S/C18H22N2O4S2/c1-24-18(21)16-6-2-3-7-17(16)26(22,23)20-12-10-19(11-13-20)9-8-15-5-4-14-25-15/h2-7,14H,8-13H2,1H3. The summed E-state index contributed by atoms with van der Waals surface area (Å²) in [4.78, 5) is 15.5. The fourth-order valence-corrected chi connectivity index (χ4v) is 5.33. The minimum Gasteiger partial charge on any atom is -0.465 e. The van der Waals surface area contributed by atoms with E-state index in [-0.39, 0.29) is 10.5 Å². The predicted octanol–water partition coefficient (Wildman–Crippen LogP) is 2.08. The lowest BCUT2D eigenvalue weighted by atomic mass is 10.2. The second-order valence-corrected chi connectivity index (χ2v) is 9.00. The van der Waals surface area contributed by atoms with Crippen LogP contribution in [0.5, 0.6) is 0 Å². The molecule has 0 spiro atoms. The molecule has 1 saturated heterocycles. The zero-order chi connectivity index (χ0) is 18.6. The highest BCUT2D eigenvalue weighted by molar-refractivity contribution is 7.89. The quantitative estimate of drug-likeness (QED) is 0.702. The third-order valence-corrected chi connectivity index (χ3v) is 7.39. The molecule has 8 heteroatoms. The summed E-state index contributed by atoms with van der Waals surface area (Å²) in [6.07, 6.45) is 0.982. The molecule has 26 heavy (non-hydrogen) atoms. The van der Waals surface area contributed by atoms with Gasteiger partial charge in [-0.05, 0) is 30.0 Å². The summed E-state index contributed by atoms with van der Waals surface area (Å²) in [7, 11) is -2.47. The number of carbonyl (C=O) groups is 1. The number of esters is 1. The summed E-state index contributed by atoms with van der Waals surface area (Å²) in [5.41, 5.74) is 0.0788. The predicted molar refractivity (Wildman–Crippen MR) is 101 cm³/mol. The van der Waals surface area contributed by atoms with Crippen molar-refractivity contribution in [3.05, 3.63) is 52.2 Å². The van der Waals surface area contributed by atoms with Gasteiger partial charge in [0.05, 0.1) is 17.6 Å². The van der Waals surface area contributed by atoms with Gasteiger partial charge in [0.25, 0.3) is 0 Å². The zero-order valence-electron chi connectivity index (χ0n) is 14.6. The van der Waals surface area contributed by atoms with Crippen molar-refractivity contribution in [3.8, 4) is 0 Å². The van der Waals surface area contributed by atoms with Gasteiger partial charge in [-0.3, -0.25) is 0 Å². The average Bonchev–Trinajstić information content (AvgIpc) is 3.19. The Hall–Kier alpha value is -1.74. The molecule has 0 unspecified atom stereocenters. The van der Waals surface area contributed by atoms with Crippen molar-refractivity contribution in [3.63, 3.8) is 0 Å². The first-order chi connectivity index (χ1) is 12.5. The van der Waals surface area contributed by atoms with Crippen molar-refractivity contribution in [2.45, 2.75) is 11.3 Å². The first-order valence-corrected chi connectivity index (χ1v) is 10.8. The van der Waals surface area contributed by atoms with Crippen LogP contribution in [0.2, 0.25) is 0 Å². The molecule has 2 heterocycles. The van der Waals surface area contributed by atoms with Crippen LogP contribution >= 0.6 is 11.3 Å². The molecule has 0 N–H and O–H groups in total. The highest BCUT2D eigenvalue weighted by Gasteiger charge is 2.31. The van der Waals surface area contributed by atoms with Crippen molar-refractivity contribution in [1.82, 2.24) is 9.21 Å². The van der Waals surface area contributed by atoms with Crippen LogP contribution in [0.1, 0.15) is 15.2 Å². The number of hydrogen-bond donors (Lipinski definition) is 0. The number of sulfonamides is 1. The molecule has 0 atom stereocenters. The van der Waals surface area contributed by atoms with Gasteiger partial charge in [-0.25, -0.2) is 13.2 Å². The van der Waals surface area contributed by atoms with E-state index in [2.05, 4.69) is 16.3 Å². The van der Waals surface area contributed by atoms with Crippen LogP contribution in [0, 0.1) is 0 Å². The van der Waals surface area contributed by atoms with Crippen LogP contribution in [0.4, 0.5) is 0 Å². The van der Waals surface area contributed by atoms with Gasteiger partial charge < -0.3 is 9.64 Å². The molecule has 0 bridgehead atoms. The Morgan fingerprint density at radius 3 is 2.50 bits per heavy atom. The summed E-state index contributed by atoms with van der Waals surface area (Å²) < 4.78 is 32.1. The molecular weight excluding hydrogens is 372 g/mol. The lowest BCUT2D eigenvalue weighted by Gasteiger charge is -2.34. The Bertz CT molecular complexity index is 842. The Morgan fingerprint density at radius 2 is 1.85 bits per heavy atom. The molecule has 6 nitrogen and oxygen atoms in total. The molecule has 3 rings (SSSR count). The summed E-state index contributed by atoms with van der Waals surface area (Å²) >= 11 is 1.74. The Balaban J connectivity index is 1.66. The fourth-order valence-electron chi connectivity index (χ4n) is 3.03. The normalized spacial score (nSPS) is 16.5. The van der Waals surface area contributed by atoms with E-state index in [0.29, 0.717) is 26.2 Å². The SMILES string of the molecule is COC(=O)c1ccccc1S(=O)(=O)N1CCN(CCc2cccs2)CC1. The summed E-state index contributed by atoms with van der Waals surface area (Å²) in [5.74, 6) is -0.640. The second kappa shape index (κ2) is 8.30. The van der Waals surface area contributed by atoms with Gasteiger partial charge in [0.1, 0.15) is 0 Å². The summed E-state index contributed by atoms with van der Waals surface area (Å²) in [5, 5.41) is 2.07. The third-order valence-electron chi connectivity index (χ3n) is 4.50. The minimum atomic E-state index is -3.72. The van der Waals surface area contributed by atoms with Gasteiger partial charge in [-0.2, -0.15) is 4.31 Å². The highest BCUT2D eigenvalue weighted by Crippen LogP contribution is 2.22. The first kappa shape index (κ1) is 19.0. The lowest BCUT2D eigenvalue weighted by molar-refractivity contribution is 0.0596. The lowest BCUT2D eigenvalue weighted by Crippen LogP contribution is -2.49. The molecule has 1 aliphatic rings. The van der Waals surface area contributed by atoms with Gasteiger partial charge in [0, 0.05) is 37.6 Å².